The van der Waals surface area contributed by atoms with Gasteiger partial charge in [-0.1, -0.05) is 65.5 Å². The molecule has 0 spiro atoms. The molecule has 2 fully saturated rings. The first-order chi connectivity index (χ1) is 15.4. The van der Waals surface area contributed by atoms with Gasteiger partial charge in [-0.3, -0.25) is 4.79 Å². The van der Waals surface area contributed by atoms with Crippen LogP contribution >= 0.6 is 0 Å². The van der Waals surface area contributed by atoms with E-state index in [1.54, 1.807) is 0 Å². The fourth-order valence-corrected chi connectivity index (χ4v) is 9.24. The molecule has 0 bridgehead atoms. The second-order valence-corrected chi connectivity index (χ2v) is 13.7. The summed E-state index contributed by atoms with van der Waals surface area (Å²) >= 11 is 0. The molecule has 186 valence electrons. The zero-order valence-corrected chi connectivity index (χ0v) is 22.8. The van der Waals surface area contributed by atoms with Gasteiger partial charge in [0, 0.05) is 12.3 Å². The minimum absolute atomic E-state index is 0.190. The minimum Gasteiger partial charge on any atom is -0.431 e. The SMILES string of the molecule is CC(=O)OC1=CC[C@@]2(C)C(=CCC3C2CC[C@H]2[C@@H]([C@H](C)CCCC(C)C)CC[C@]32C)C1(C)C. The van der Waals surface area contributed by atoms with E-state index < -0.39 is 0 Å². The summed E-state index contributed by atoms with van der Waals surface area (Å²) in [7, 11) is 0. The van der Waals surface area contributed by atoms with E-state index in [1.807, 2.05) is 0 Å². The first-order valence-electron chi connectivity index (χ1n) is 14.0. The Balaban J connectivity index is 1.55. The van der Waals surface area contributed by atoms with E-state index >= 15 is 0 Å². The van der Waals surface area contributed by atoms with E-state index in [1.165, 1.54) is 63.9 Å². The molecule has 0 aromatic carbocycles. The van der Waals surface area contributed by atoms with Gasteiger partial charge in [-0.2, -0.15) is 0 Å². The third-order valence-electron chi connectivity index (χ3n) is 10.9. The van der Waals surface area contributed by atoms with Gasteiger partial charge in [0.05, 0.1) is 0 Å². The van der Waals surface area contributed by atoms with E-state index in [2.05, 4.69) is 60.6 Å². The lowest BCUT2D eigenvalue weighted by molar-refractivity contribution is -0.139. The topological polar surface area (TPSA) is 26.3 Å². The highest BCUT2D eigenvalue weighted by molar-refractivity contribution is 5.68. The van der Waals surface area contributed by atoms with Gasteiger partial charge in [0.15, 0.2) is 0 Å². The van der Waals surface area contributed by atoms with Crippen molar-refractivity contribution in [3.05, 3.63) is 23.5 Å². The number of fused-ring (bicyclic) bond motifs is 5. The summed E-state index contributed by atoms with van der Waals surface area (Å²) in [5, 5.41) is 0. The standard InChI is InChI=1S/C31H50O2/c1-20(2)10-9-11-21(3)23-16-18-30(7)24(23)12-13-26-25(30)14-15-27-29(5,6)28(33-22(4)32)17-19-31(26,27)8/h15,17,20-21,23-26H,9-14,16,18-19H2,1-8H3/t21-,23-,24+,25?,26?,30+,31-/m1/s1. The van der Waals surface area contributed by atoms with Crippen LogP contribution in [-0.4, -0.2) is 5.97 Å². The van der Waals surface area contributed by atoms with E-state index in [9.17, 15) is 4.79 Å². The molecule has 2 nitrogen and oxygen atoms in total. The molecule has 4 rings (SSSR count). The molecule has 0 amide bonds. The monoisotopic (exact) mass is 454 g/mol. The van der Waals surface area contributed by atoms with Gasteiger partial charge in [-0.25, -0.2) is 0 Å². The Morgan fingerprint density at radius 3 is 2.36 bits per heavy atom. The molecule has 0 aromatic rings. The zero-order chi connectivity index (χ0) is 24.2. The zero-order valence-electron chi connectivity index (χ0n) is 22.8. The number of hydrogen-bond donors (Lipinski definition) is 0. The number of ether oxygens (including phenoxy) is 1. The van der Waals surface area contributed by atoms with Crippen molar-refractivity contribution in [2.75, 3.05) is 0 Å². The van der Waals surface area contributed by atoms with Crippen LogP contribution in [0.4, 0.5) is 0 Å². The summed E-state index contributed by atoms with van der Waals surface area (Å²) < 4.78 is 5.69. The van der Waals surface area contributed by atoms with E-state index in [0.29, 0.717) is 5.41 Å². The van der Waals surface area contributed by atoms with Gasteiger partial charge < -0.3 is 4.74 Å². The van der Waals surface area contributed by atoms with E-state index in [-0.39, 0.29) is 16.8 Å². The van der Waals surface area contributed by atoms with Gasteiger partial charge in [0.25, 0.3) is 0 Å². The highest BCUT2D eigenvalue weighted by Crippen LogP contribution is 2.69. The van der Waals surface area contributed by atoms with E-state index in [4.69, 9.17) is 4.74 Å². The fraction of sp³-hybridized carbons (Fsp3) is 0.839. The summed E-state index contributed by atoms with van der Waals surface area (Å²) in [5.41, 5.74) is 2.04. The number of hydrogen-bond acceptors (Lipinski definition) is 2. The third-order valence-corrected chi connectivity index (χ3v) is 10.9. The number of carbonyl (C=O) groups is 1. The van der Waals surface area contributed by atoms with Gasteiger partial charge in [0.1, 0.15) is 5.76 Å². The van der Waals surface area contributed by atoms with Crippen molar-refractivity contribution >= 4 is 5.97 Å². The summed E-state index contributed by atoms with van der Waals surface area (Å²) in [4.78, 5) is 11.7. The summed E-state index contributed by atoms with van der Waals surface area (Å²) in [6.07, 6.45) is 16.9. The molecule has 2 unspecified atom stereocenters. The van der Waals surface area contributed by atoms with Crippen molar-refractivity contribution in [1.29, 1.82) is 0 Å². The maximum atomic E-state index is 11.7. The molecule has 2 heteroatoms. The average molecular weight is 455 g/mol. The van der Waals surface area contributed by atoms with Crippen LogP contribution in [0, 0.1) is 51.8 Å². The molecule has 4 aliphatic carbocycles. The Labute approximate surface area is 204 Å². The second kappa shape index (κ2) is 8.87. The number of carbonyl (C=O) groups excluding carboxylic acids is 1. The fourth-order valence-electron chi connectivity index (χ4n) is 9.24. The number of rotatable bonds is 6. The molecule has 0 aliphatic heterocycles. The van der Waals surface area contributed by atoms with Crippen LogP contribution in [0.15, 0.2) is 23.5 Å². The van der Waals surface area contributed by atoms with Crippen LogP contribution in [0.1, 0.15) is 113 Å². The first-order valence-corrected chi connectivity index (χ1v) is 14.0. The highest BCUT2D eigenvalue weighted by Gasteiger charge is 2.61. The molecule has 33 heavy (non-hydrogen) atoms. The van der Waals surface area contributed by atoms with Gasteiger partial charge in [0.2, 0.25) is 0 Å². The molecule has 2 saturated carbocycles. The quantitative estimate of drug-likeness (QED) is 0.296. The van der Waals surface area contributed by atoms with Crippen molar-refractivity contribution < 1.29 is 9.53 Å². The molecule has 7 atom stereocenters. The van der Waals surface area contributed by atoms with Gasteiger partial charge in [-0.15, -0.1) is 0 Å². The second-order valence-electron chi connectivity index (χ2n) is 13.7. The van der Waals surface area contributed by atoms with Crippen LogP contribution in [0.5, 0.6) is 0 Å². The van der Waals surface area contributed by atoms with Gasteiger partial charge in [-0.05, 0) is 105 Å². The molecule has 4 aliphatic rings. The lowest BCUT2D eigenvalue weighted by atomic mass is 9.44. The van der Waals surface area contributed by atoms with Crippen LogP contribution in [-0.2, 0) is 9.53 Å². The molecular formula is C31H50O2. The summed E-state index contributed by atoms with van der Waals surface area (Å²) in [5.74, 6) is 5.78. The molecular weight excluding hydrogens is 404 g/mol. The number of esters is 1. The van der Waals surface area contributed by atoms with Crippen molar-refractivity contribution in [3.63, 3.8) is 0 Å². The van der Waals surface area contributed by atoms with Crippen LogP contribution in [0.2, 0.25) is 0 Å². The van der Waals surface area contributed by atoms with Gasteiger partial charge >= 0.3 is 5.97 Å². The summed E-state index contributed by atoms with van der Waals surface area (Å²) in [6.45, 7) is 18.6. The minimum atomic E-state index is -0.195. The first kappa shape index (κ1) is 25.1. The Morgan fingerprint density at radius 1 is 1.00 bits per heavy atom. The molecule has 0 aromatic heterocycles. The Morgan fingerprint density at radius 2 is 1.70 bits per heavy atom. The molecule has 0 radical (unpaired) electrons. The van der Waals surface area contributed by atoms with Crippen molar-refractivity contribution in [2.45, 2.75) is 113 Å². The normalized spacial score (nSPS) is 40.3. The lowest BCUT2D eigenvalue weighted by Crippen LogP contribution is -2.53. The van der Waals surface area contributed by atoms with E-state index in [0.717, 1.165) is 47.7 Å². The Kier molecular flexibility index (Phi) is 6.73. The molecule has 0 saturated heterocycles. The Hall–Kier alpha value is -1.05. The van der Waals surface area contributed by atoms with Crippen LogP contribution < -0.4 is 0 Å². The third kappa shape index (κ3) is 4.16. The average Bonchev–Trinajstić information content (AvgIpc) is 3.07. The molecule has 0 heterocycles. The smallest absolute Gasteiger partial charge is 0.307 e. The predicted molar refractivity (Wildman–Crippen MR) is 137 cm³/mol. The highest BCUT2D eigenvalue weighted by atomic mass is 16.5. The summed E-state index contributed by atoms with van der Waals surface area (Å²) in [6, 6.07) is 0. The van der Waals surface area contributed by atoms with Crippen molar-refractivity contribution in [1.82, 2.24) is 0 Å². The largest absolute Gasteiger partial charge is 0.431 e. The Bertz CT molecular complexity index is 817. The maximum Gasteiger partial charge on any atom is 0.307 e. The van der Waals surface area contributed by atoms with Crippen molar-refractivity contribution in [2.24, 2.45) is 51.8 Å². The predicted octanol–water partition coefficient (Wildman–Crippen LogP) is 8.72. The lowest BCUT2D eigenvalue weighted by Gasteiger charge is -2.60. The van der Waals surface area contributed by atoms with Crippen LogP contribution in [0.3, 0.4) is 0 Å². The maximum absolute atomic E-state index is 11.7. The van der Waals surface area contributed by atoms with Crippen molar-refractivity contribution in [3.8, 4) is 0 Å². The molecule has 0 N–H and O–H groups in total. The number of allylic oxidation sites excluding steroid dienone is 3. The van der Waals surface area contributed by atoms with Crippen LogP contribution in [0.25, 0.3) is 0 Å².